The van der Waals surface area contributed by atoms with Gasteiger partial charge in [0.2, 0.25) is 0 Å². The van der Waals surface area contributed by atoms with Crippen molar-refractivity contribution in [1.29, 1.82) is 0 Å². The van der Waals surface area contributed by atoms with Crippen molar-refractivity contribution in [2.45, 2.75) is 33.4 Å². The molecule has 2 aromatic rings. The first-order chi connectivity index (χ1) is 8.25. The first-order valence-corrected chi connectivity index (χ1v) is 5.98. The molecule has 4 nitrogen and oxygen atoms in total. The van der Waals surface area contributed by atoms with E-state index in [4.69, 9.17) is 4.42 Å². The van der Waals surface area contributed by atoms with Crippen LogP contribution in [0, 0.1) is 13.8 Å². The highest BCUT2D eigenvalue weighted by Crippen LogP contribution is 2.02. The summed E-state index contributed by atoms with van der Waals surface area (Å²) in [6, 6.07) is 4.09. The molecule has 2 aromatic heterocycles. The zero-order chi connectivity index (χ0) is 12.1. The lowest BCUT2D eigenvalue weighted by atomic mass is 10.3. The summed E-state index contributed by atoms with van der Waals surface area (Å²) in [5, 5.41) is 7.81. The van der Waals surface area contributed by atoms with E-state index in [1.54, 1.807) is 12.5 Å². The van der Waals surface area contributed by atoms with E-state index in [-0.39, 0.29) is 0 Å². The van der Waals surface area contributed by atoms with Crippen LogP contribution in [0.3, 0.4) is 0 Å². The number of nitrogens with zero attached hydrogens (tertiary/aromatic N) is 2. The van der Waals surface area contributed by atoms with Crippen LogP contribution in [0.4, 0.5) is 0 Å². The van der Waals surface area contributed by atoms with Gasteiger partial charge in [-0.2, -0.15) is 5.10 Å². The molecular formula is C13H19N3O. The maximum Gasteiger partial charge on any atom is 0.0947 e. The molecule has 0 aliphatic rings. The van der Waals surface area contributed by atoms with Crippen LogP contribution in [0.25, 0.3) is 0 Å². The number of hydrogen-bond donors (Lipinski definition) is 1. The molecule has 0 aliphatic carbocycles. The monoisotopic (exact) mass is 233 g/mol. The van der Waals surface area contributed by atoms with Crippen molar-refractivity contribution < 1.29 is 4.42 Å². The van der Waals surface area contributed by atoms with Crippen LogP contribution in [-0.4, -0.2) is 16.3 Å². The second-order valence-corrected chi connectivity index (χ2v) is 4.31. The molecule has 0 radical (unpaired) electrons. The van der Waals surface area contributed by atoms with Crippen molar-refractivity contribution in [2.75, 3.05) is 6.54 Å². The number of hydrogen-bond acceptors (Lipinski definition) is 3. The number of aryl methyl sites for hydroxylation is 3. The van der Waals surface area contributed by atoms with E-state index in [2.05, 4.69) is 28.1 Å². The Morgan fingerprint density at radius 3 is 2.94 bits per heavy atom. The highest BCUT2D eigenvalue weighted by atomic mass is 16.3. The maximum atomic E-state index is 5.01. The van der Waals surface area contributed by atoms with Crippen LogP contribution in [0.15, 0.2) is 29.1 Å². The van der Waals surface area contributed by atoms with Gasteiger partial charge in [-0.05, 0) is 38.9 Å². The van der Waals surface area contributed by atoms with Gasteiger partial charge in [0, 0.05) is 24.3 Å². The summed E-state index contributed by atoms with van der Waals surface area (Å²) in [5.74, 6) is 0. The zero-order valence-electron chi connectivity index (χ0n) is 10.4. The number of aromatic nitrogens is 2. The zero-order valence-corrected chi connectivity index (χ0v) is 10.4. The van der Waals surface area contributed by atoms with Gasteiger partial charge in [0.1, 0.15) is 0 Å². The first kappa shape index (κ1) is 11.9. The van der Waals surface area contributed by atoms with E-state index >= 15 is 0 Å². The topological polar surface area (TPSA) is 43.0 Å². The molecule has 0 saturated carbocycles. The molecule has 2 heterocycles. The molecule has 0 atom stereocenters. The van der Waals surface area contributed by atoms with Crippen molar-refractivity contribution >= 4 is 0 Å². The quantitative estimate of drug-likeness (QED) is 0.778. The lowest BCUT2D eigenvalue weighted by Gasteiger charge is -2.05. The number of rotatable bonds is 6. The van der Waals surface area contributed by atoms with Crippen molar-refractivity contribution in [2.24, 2.45) is 0 Å². The third kappa shape index (κ3) is 3.46. The smallest absolute Gasteiger partial charge is 0.0947 e. The molecule has 0 fully saturated rings. The maximum absolute atomic E-state index is 5.01. The summed E-state index contributed by atoms with van der Waals surface area (Å²) >= 11 is 0. The summed E-state index contributed by atoms with van der Waals surface area (Å²) in [7, 11) is 0. The van der Waals surface area contributed by atoms with Gasteiger partial charge in [-0.15, -0.1) is 0 Å². The Kier molecular flexibility index (Phi) is 3.98. The number of nitrogens with one attached hydrogen (secondary N) is 1. The van der Waals surface area contributed by atoms with Crippen LogP contribution in [-0.2, 0) is 13.1 Å². The van der Waals surface area contributed by atoms with Gasteiger partial charge in [0.15, 0.2) is 0 Å². The molecule has 17 heavy (non-hydrogen) atoms. The minimum Gasteiger partial charge on any atom is -0.472 e. The van der Waals surface area contributed by atoms with Gasteiger partial charge in [-0.3, -0.25) is 4.68 Å². The molecular weight excluding hydrogens is 214 g/mol. The summed E-state index contributed by atoms with van der Waals surface area (Å²) < 4.78 is 7.07. The molecule has 92 valence electrons. The Morgan fingerprint density at radius 1 is 1.41 bits per heavy atom. The lowest BCUT2D eigenvalue weighted by Crippen LogP contribution is -2.16. The molecule has 0 amide bonds. The predicted octanol–water partition coefficient (Wildman–Crippen LogP) is 2.27. The Labute approximate surface area is 102 Å². The third-order valence-corrected chi connectivity index (χ3v) is 2.74. The van der Waals surface area contributed by atoms with Gasteiger partial charge < -0.3 is 9.73 Å². The van der Waals surface area contributed by atoms with Gasteiger partial charge in [-0.1, -0.05) is 0 Å². The SMILES string of the molecule is Cc1cc(C)n(CCCNCc2ccoc2)n1. The third-order valence-electron chi connectivity index (χ3n) is 2.74. The van der Waals surface area contributed by atoms with E-state index in [0.717, 1.165) is 31.7 Å². The molecule has 4 heteroatoms. The molecule has 2 rings (SSSR count). The highest BCUT2D eigenvalue weighted by molar-refractivity contribution is 5.06. The molecule has 0 aromatic carbocycles. The van der Waals surface area contributed by atoms with Crippen molar-refractivity contribution in [1.82, 2.24) is 15.1 Å². The largest absolute Gasteiger partial charge is 0.472 e. The van der Waals surface area contributed by atoms with Crippen LogP contribution >= 0.6 is 0 Å². The standard InChI is InChI=1S/C13H19N3O/c1-11-8-12(2)16(15-11)6-3-5-14-9-13-4-7-17-10-13/h4,7-8,10,14H,3,5-6,9H2,1-2H3. The lowest BCUT2D eigenvalue weighted by molar-refractivity contribution is 0.528. The summed E-state index contributed by atoms with van der Waals surface area (Å²) in [4.78, 5) is 0. The Hall–Kier alpha value is -1.55. The van der Waals surface area contributed by atoms with Crippen LogP contribution in [0.1, 0.15) is 23.4 Å². The fourth-order valence-corrected chi connectivity index (χ4v) is 1.88. The van der Waals surface area contributed by atoms with Crippen LogP contribution in [0.2, 0.25) is 0 Å². The van der Waals surface area contributed by atoms with E-state index < -0.39 is 0 Å². The van der Waals surface area contributed by atoms with Gasteiger partial charge in [0.05, 0.1) is 18.2 Å². The fraction of sp³-hybridized carbons (Fsp3) is 0.462. The minimum absolute atomic E-state index is 0.869. The van der Waals surface area contributed by atoms with Gasteiger partial charge >= 0.3 is 0 Å². The van der Waals surface area contributed by atoms with E-state index in [9.17, 15) is 0 Å². The summed E-state index contributed by atoms with van der Waals surface area (Å²) in [6.45, 7) is 6.95. The van der Waals surface area contributed by atoms with E-state index in [1.807, 2.05) is 13.0 Å². The second kappa shape index (κ2) is 5.68. The first-order valence-electron chi connectivity index (χ1n) is 5.98. The predicted molar refractivity (Wildman–Crippen MR) is 66.7 cm³/mol. The number of furan rings is 1. The molecule has 0 saturated heterocycles. The van der Waals surface area contributed by atoms with E-state index in [1.165, 1.54) is 11.3 Å². The Balaban J connectivity index is 1.65. The summed E-state index contributed by atoms with van der Waals surface area (Å²) in [6.07, 6.45) is 4.56. The Bertz CT molecular complexity index is 445. The second-order valence-electron chi connectivity index (χ2n) is 4.31. The van der Waals surface area contributed by atoms with Crippen LogP contribution in [0.5, 0.6) is 0 Å². The van der Waals surface area contributed by atoms with Gasteiger partial charge in [0.25, 0.3) is 0 Å². The molecule has 1 N–H and O–H groups in total. The van der Waals surface area contributed by atoms with Crippen LogP contribution < -0.4 is 5.32 Å². The average Bonchev–Trinajstić information content (AvgIpc) is 2.89. The highest BCUT2D eigenvalue weighted by Gasteiger charge is 2.00. The van der Waals surface area contributed by atoms with Crippen molar-refractivity contribution in [3.63, 3.8) is 0 Å². The average molecular weight is 233 g/mol. The fourth-order valence-electron chi connectivity index (χ4n) is 1.88. The molecule has 0 bridgehead atoms. The normalized spacial score (nSPS) is 10.9. The van der Waals surface area contributed by atoms with Gasteiger partial charge in [-0.25, -0.2) is 0 Å². The van der Waals surface area contributed by atoms with Crippen molar-refractivity contribution in [3.8, 4) is 0 Å². The molecule has 0 aliphatic heterocycles. The van der Waals surface area contributed by atoms with E-state index in [0.29, 0.717) is 0 Å². The summed E-state index contributed by atoms with van der Waals surface area (Å²) in [5.41, 5.74) is 3.52. The minimum atomic E-state index is 0.869. The Morgan fingerprint density at radius 2 is 2.29 bits per heavy atom. The van der Waals surface area contributed by atoms with Crippen molar-refractivity contribution in [3.05, 3.63) is 41.6 Å². The molecule has 0 spiro atoms. The molecule has 0 unspecified atom stereocenters.